The van der Waals surface area contributed by atoms with Gasteiger partial charge in [-0.2, -0.15) is 5.10 Å². The Hall–Kier alpha value is -3.46. The highest BCUT2D eigenvalue weighted by molar-refractivity contribution is 6.29. The van der Waals surface area contributed by atoms with Crippen molar-refractivity contribution < 1.29 is 14.4 Å². The van der Waals surface area contributed by atoms with Crippen molar-refractivity contribution in [2.75, 3.05) is 5.32 Å². The number of aromatic nitrogens is 3. The first-order valence-electron chi connectivity index (χ1n) is 9.92. The molecular weight excluding hydrogens is 420 g/mol. The van der Waals surface area contributed by atoms with Crippen LogP contribution in [0.2, 0.25) is 5.15 Å². The minimum atomic E-state index is -0.655. The van der Waals surface area contributed by atoms with Crippen LogP contribution >= 0.6 is 11.6 Å². The first kappa shape index (κ1) is 19.5. The lowest BCUT2D eigenvalue weighted by molar-refractivity contribution is -0.138. The number of pyridine rings is 1. The van der Waals surface area contributed by atoms with Crippen molar-refractivity contribution >= 4 is 46.0 Å². The van der Waals surface area contributed by atoms with Gasteiger partial charge in [-0.3, -0.25) is 19.1 Å². The van der Waals surface area contributed by atoms with Crippen LogP contribution in [-0.2, 0) is 16.1 Å². The Balaban J connectivity index is 1.38. The summed E-state index contributed by atoms with van der Waals surface area (Å²) in [6, 6.07) is 11.5. The number of likely N-dealkylation sites (tertiary alicyclic amines) is 1. The van der Waals surface area contributed by atoms with E-state index in [0.717, 1.165) is 6.42 Å². The van der Waals surface area contributed by atoms with E-state index < -0.39 is 11.9 Å². The standard InChI is InChI=1S/C21H19ClN6O3/c22-16-6-3-7-17(24-16)25-21(31)15-9-11-8-14(11)28(15)18(29)10-27-13-5-2-1-4-12(13)19(26-27)20(23)30/h1-7,11,14-15H,8-10H2,(H2,23,30)(H,24,25,31)/t11-,14-,15+/m1/s1. The van der Waals surface area contributed by atoms with E-state index in [-0.39, 0.29) is 35.2 Å². The number of para-hydroxylation sites is 1. The lowest BCUT2D eigenvalue weighted by Gasteiger charge is -2.26. The van der Waals surface area contributed by atoms with Crippen molar-refractivity contribution in [1.82, 2.24) is 19.7 Å². The van der Waals surface area contributed by atoms with E-state index in [9.17, 15) is 14.4 Å². The number of fused-ring (bicyclic) bond motifs is 2. The molecule has 10 heteroatoms. The highest BCUT2D eigenvalue weighted by atomic mass is 35.5. The van der Waals surface area contributed by atoms with Gasteiger partial charge in [-0.05, 0) is 37.0 Å². The lowest BCUT2D eigenvalue weighted by atomic mass is 10.1. The van der Waals surface area contributed by atoms with Crippen LogP contribution in [0.15, 0.2) is 42.5 Å². The van der Waals surface area contributed by atoms with Crippen molar-refractivity contribution in [2.24, 2.45) is 11.7 Å². The zero-order valence-corrected chi connectivity index (χ0v) is 17.1. The topological polar surface area (TPSA) is 123 Å². The number of benzene rings is 1. The first-order valence-corrected chi connectivity index (χ1v) is 10.3. The fourth-order valence-electron chi connectivity index (χ4n) is 4.38. The Bertz CT molecular complexity index is 1220. The summed E-state index contributed by atoms with van der Waals surface area (Å²) < 4.78 is 1.47. The van der Waals surface area contributed by atoms with Crippen LogP contribution in [0, 0.1) is 5.92 Å². The van der Waals surface area contributed by atoms with E-state index in [1.54, 1.807) is 47.4 Å². The zero-order chi connectivity index (χ0) is 21.7. The van der Waals surface area contributed by atoms with Gasteiger partial charge in [0, 0.05) is 11.4 Å². The number of anilines is 1. The number of carbonyl (C=O) groups excluding carboxylic acids is 3. The Labute approximate surface area is 182 Å². The number of hydrogen-bond donors (Lipinski definition) is 2. The maximum Gasteiger partial charge on any atom is 0.269 e. The normalized spacial score (nSPS) is 21.7. The molecule has 0 unspecified atom stereocenters. The molecule has 31 heavy (non-hydrogen) atoms. The third-order valence-electron chi connectivity index (χ3n) is 5.84. The number of carbonyl (C=O) groups is 3. The minimum Gasteiger partial charge on any atom is -0.364 e. The monoisotopic (exact) mass is 438 g/mol. The number of piperidine rings is 1. The molecule has 158 valence electrons. The van der Waals surface area contributed by atoms with Crippen LogP contribution in [0.25, 0.3) is 10.9 Å². The third kappa shape index (κ3) is 3.50. The fraction of sp³-hybridized carbons (Fsp3) is 0.286. The van der Waals surface area contributed by atoms with Crippen LogP contribution < -0.4 is 11.1 Å². The van der Waals surface area contributed by atoms with E-state index in [4.69, 9.17) is 17.3 Å². The average molecular weight is 439 g/mol. The molecule has 0 spiro atoms. The Morgan fingerprint density at radius 3 is 2.71 bits per heavy atom. The summed E-state index contributed by atoms with van der Waals surface area (Å²) in [5.74, 6) is -0.513. The van der Waals surface area contributed by atoms with Crippen molar-refractivity contribution in [3.8, 4) is 0 Å². The molecule has 2 fully saturated rings. The summed E-state index contributed by atoms with van der Waals surface area (Å²) in [7, 11) is 0. The van der Waals surface area contributed by atoms with E-state index >= 15 is 0 Å². The van der Waals surface area contributed by atoms with Gasteiger partial charge in [-0.15, -0.1) is 0 Å². The maximum absolute atomic E-state index is 13.2. The van der Waals surface area contributed by atoms with E-state index in [0.29, 0.717) is 29.1 Å². The number of halogens is 1. The number of nitrogens with two attached hydrogens (primary N) is 1. The van der Waals surface area contributed by atoms with Crippen molar-refractivity contribution in [3.63, 3.8) is 0 Å². The molecule has 3 amide bonds. The highest BCUT2D eigenvalue weighted by Gasteiger charge is 2.56. The first-order chi connectivity index (χ1) is 14.9. The fourth-order valence-corrected chi connectivity index (χ4v) is 4.54. The van der Waals surface area contributed by atoms with Crippen LogP contribution in [0.4, 0.5) is 5.82 Å². The third-order valence-corrected chi connectivity index (χ3v) is 6.05. The largest absolute Gasteiger partial charge is 0.364 e. The molecule has 1 aliphatic carbocycles. The molecule has 9 nitrogen and oxygen atoms in total. The van der Waals surface area contributed by atoms with Crippen LogP contribution in [0.5, 0.6) is 0 Å². The zero-order valence-electron chi connectivity index (χ0n) is 16.4. The Kier molecular flexibility index (Phi) is 4.62. The van der Waals surface area contributed by atoms with Gasteiger partial charge in [0.25, 0.3) is 5.91 Å². The van der Waals surface area contributed by atoms with Crippen molar-refractivity contribution in [2.45, 2.75) is 31.5 Å². The number of hydrogen-bond acceptors (Lipinski definition) is 5. The van der Waals surface area contributed by atoms with Gasteiger partial charge in [0.2, 0.25) is 11.8 Å². The summed E-state index contributed by atoms with van der Waals surface area (Å²) in [5.41, 5.74) is 6.20. The van der Waals surface area contributed by atoms with Gasteiger partial charge in [0.05, 0.1) is 5.52 Å². The predicted molar refractivity (Wildman–Crippen MR) is 113 cm³/mol. The molecule has 1 aliphatic heterocycles. The molecule has 3 heterocycles. The Morgan fingerprint density at radius 1 is 1.13 bits per heavy atom. The number of rotatable bonds is 5. The Morgan fingerprint density at radius 2 is 1.94 bits per heavy atom. The summed E-state index contributed by atoms with van der Waals surface area (Å²) >= 11 is 5.89. The van der Waals surface area contributed by atoms with E-state index in [1.807, 2.05) is 0 Å². The van der Waals surface area contributed by atoms with Gasteiger partial charge >= 0.3 is 0 Å². The van der Waals surface area contributed by atoms with Gasteiger partial charge < -0.3 is 16.0 Å². The SMILES string of the molecule is NC(=O)c1nn(CC(=O)N2[C@@H]3C[C@@H]3C[C@H]2C(=O)Nc2cccc(Cl)n2)c2ccccc12. The predicted octanol–water partition coefficient (Wildman–Crippen LogP) is 1.81. The van der Waals surface area contributed by atoms with Gasteiger partial charge in [-0.1, -0.05) is 35.9 Å². The summed E-state index contributed by atoms with van der Waals surface area (Å²) in [4.78, 5) is 43.6. The lowest BCUT2D eigenvalue weighted by Crippen LogP contribution is -2.46. The molecule has 3 N–H and O–H groups in total. The van der Waals surface area contributed by atoms with Crippen LogP contribution in [0.1, 0.15) is 23.3 Å². The molecule has 1 aromatic carbocycles. The molecule has 2 aliphatic rings. The van der Waals surface area contributed by atoms with Crippen LogP contribution in [0.3, 0.4) is 0 Å². The minimum absolute atomic E-state index is 0.0491. The molecular formula is C21H19ClN6O3. The van der Waals surface area contributed by atoms with Gasteiger partial charge in [0.1, 0.15) is 23.6 Å². The second-order valence-corrected chi connectivity index (χ2v) is 8.23. The number of nitrogens with zero attached hydrogens (tertiary/aromatic N) is 4. The summed E-state index contributed by atoms with van der Waals surface area (Å²) in [6.45, 7) is -0.0871. The number of amides is 3. The second kappa shape index (κ2) is 7.35. The molecule has 3 atom stereocenters. The number of primary amides is 1. The molecule has 0 radical (unpaired) electrons. The van der Waals surface area contributed by atoms with E-state index in [2.05, 4.69) is 15.4 Å². The summed E-state index contributed by atoms with van der Waals surface area (Å²) in [6.07, 6.45) is 1.49. The van der Waals surface area contributed by atoms with Crippen LogP contribution in [-0.4, -0.2) is 49.5 Å². The van der Waals surface area contributed by atoms with Crippen molar-refractivity contribution in [1.29, 1.82) is 0 Å². The smallest absolute Gasteiger partial charge is 0.269 e. The van der Waals surface area contributed by atoms with Crippen molar-refractivity contribution in [3.05, 3.63) is 53.3 Å². The van der Waals surface area contributed by atoms with Gasteiger partial charge in [0.15, 0.2) is 5.69 Å². The molecule has 2 aromatic heterocycles. The highest BCUT2D eigenvalue weighted by Crippen LogP contribution is 2.48. The maximum atomic E-state index is 13.2. The molecule has 0 bridgehead atoms. The van der Waals surface area contributed by atoms with Gasteiger partial charge in [-0.25, -0.2) is 4.98 Å². The average Bonchev–Trinajstić information content (AvgIpc) is 3.24. The van der Waals surface area contributed by atoms with E-state index in [1.165, 1.54) is 4.68 Å². The molecule has 1 saturated carbocycles. The number of nitrogens with one attached hydrogen (secondary N) is 1. The molecule has 5 rings (SSSR count). The molecule has 1 saturated heterocycles. The second-order valence-electron chi connectivity index (χ2n) is 7.84. The quantitative estimate of drug-likeness (QED) is 0.588. The summed E-state index contributed by atoms with van der Waals surface area (Å²) in [5, 5.41) is 7.87. The molecule has 3 aromatic rings.